The molecule has 4 N–H and O–H groups in total. The Kier molecular flexibility index (Phi) is 5.57. The van der Waals surface area contributed by atoms with Gasteiger partial charge in [0.05, 0.1) is 6.42 Å². The Bertz CT molecular complexity index is 751. The van der Waals surface area contributed by atoms with Gasteiger partial charge in [0, 0.05) is 24.0 Å². The molecule has 0 aliphatic heterocycles. The Labute approximate surface area is 140 Å². The maximum absolute atomic E-state index is 12.1. The van der Waals surface area contributed by atoms with Crippen molar-refractivity contribution in [2.45, 2.75) is 33.2 Å². The van der Waals surface area contributed by atoms with Crippen LogP contribution in [0.1, 0.15) is 26.3 Å². The van der Waals surface area contributed by atoms with Crippen molar-refractivity contribution in [3.8, 4) is 0 Å². The molecule has 1 atom stereocenters. The number of hydrazine groups is 1. The van der Waals surface area contributed by atoms with Crippen molar-refractivity contribution in [1.82, 2.24) is 21.2 Å². The molecule has 0 bridgehead atoms. The number of hydrogen-bond acceptors (Lipinski definition) is 3. The summed E-state index contributed by atoms with van der Waals surface area (Å²) in [4.78, 5) is 38.4. The molecule has 2 aromatic rings. The van der Waals surface area contributed by atoms with Crippen LogP contribution in [0.15, 0.2) is 30.5 Å². The van der Waals surface area contributed by atoms with E-state index >= 15 is 0 Å². The summed E-state index contributed by atoms with van der Waals surface area (Å²) in [7, 11) is 0. The summed E-state index contributed by atoms with van der Waals surface area (Å²) < 4.78 is 0. The number of nitrogens with one attached hydrogen (secondary N) is 4. The Morgan fingerprint density at radius 3 is 2.50 bits per heavy atom. The van der Waals surface area contributed by atoms with E-state index in [0.717, 1.165) is 16.5 Å². The number of hydrogen-bond donors (Lipinski definition) is 4. The fourth-order valence-electron chi connectivity index (χ4n) is 2.46. The van der Waals surface area contributed by atoms with Crippen LogP contribution in [0.25, 0.3) is 10.9 Å². The van der Waals surface area contributed by atoms with Gasteiger partial charge in [0.2, 0.25) is 11.8 Å². The second-order valence-electron chi connectivity index (χ2n) is 6.00. The largest absolute Gasteiger partial charge is 0.361 e. The lowest BCUT2D eigenvalue weighted by molar-refractivity contribution is -0.132. The Morgan fingerprint density at radius 2 is 1.83 bits per heavy atom. The van der Waals surface area contributed by atoms with E-state index in [4.69, 9.17) is 0 Å². The van der Waals surface area contributed by atoms with Crippen LogP contribution in [0.4, 0.5) is 0 Å². The van der Waals surface area contributed by atoms with Gasteiger partial charge >= 0.3 is 0 Å². The van der Waals surface area contributed by atoms with E-state index in [1.165, 1.54) is 6.92 Å². The van der Waals surface area contributed by atoms with Crippen molar-refractivity contribution < 1.29 is 14.4 Å². The molecule has 0 fully saturated rings. The fraction of sp³-hybridized carbons (Fsp3) is 0.353. The van der Waals surface area contributed by atoms with Crippen LogP contribution in [-0.4, -0.2) is 28.7 Å². The minimum atomic E-state index is -0.698. The molecule has 1 heterocycles. The van der Waals surface area contributed by atoms with Crippen molar-refractivity contribution in [3.05, 3.63) is 36.0 Å². The highest BCUT2D eigenvalue weighted by molar-refractivity contribution is 5.91. The maximum atomic E-state index is 12.1. The Hall–Kier alpha value is -2.83. The van der Waals surface area contributed by atoms with E-state index in [0.29, 0.717) is 0 Å². The van der Waals surface area contributed by atoms with E-state index in [9.17, 15) is 14.4 Å². The average molecular weight is 330 g/mol. The summed E-state index contributed by atoms with van der Waals surface area (Å²) >= 11 is 0. The van der Waals surface area contributed by atoms with Crippen molar-refractivity contribution in [2.75, 3.05) is 0 Å². The fourth-order valence-corrected chi connectivity index (χ4v) is 2.46. The van der Waals surface area contributed by atoms with Gasteiger partial charge in [-0.3, -0.25) is 25.2 Å². The van der Waals surface area contributed by atoms with Crippen LogP contribution in [0.5, 0.6) is 0 Å². The first-order chi connectivity index (χ1) is 11.4. The van der Waals surface area contributed by atoms with Crippen molar-refractivity contribution >= 4 is 28.6 Å². The minimum absolute atomic E-state index is 0.0978. The molecule has 3 amide bonds. The molecule has 1 aromatic heterocycles. The molecule has 0 aliphatic rings. The van der Waals surface area contributed by atoms with Crippen LogP contribution in [-0.2, 0) is 20.8 Å². The summed E-state index contributed by atoms with van der Waals surface area (Å²) in [6.07, 6.45) is 1.91. The number of H-pyrrole nitrogens is 1. The Balaban J connectivity index is 1.92. The van der Waals surface area contributed by atoms with Gasteiger partial charge in [-0.25, -0.2) is 0 Å². The minimum Gasteiger partial charge on any atom is -0.361 e. The zero-order valence-electron chi connectivity index (χ0n) is 14.0. The van der Waals surface area contributed by atoms with Crippen LogP contribution < -0.4 is 16.2 Å². The highest BCUT2D eigenvalue weighted by atomic mass is 16.2. The SMILES string of the molecule is CC(=O)NC(C(=O)NNC(=O)Cc1c[nH]c2ccccc12)C(C)C. The molecule has 1 unspecified atom stereocenters. The smallest absolute Gasteiger partial charge is 0.261 e. The molecule has 0 radical (unpaired) electrons. The number of fused-ring (bicyclic) bond motifs is 1. The number of rotatable bonds is 5. The van der Waals surface area contributed by atoms with Gasteiger partial charge in [-0.15, -0.1) is 0 Å². The first-order valence-electron chi connectivity index (χ1n) is 7.79. The quantitative estimate of drug-likeness (QED) is 0.615. The predicted octanol–water partition coefficient (Wildman–Crippen LogP) is 1.02. The predicted molar refractivity (Wildman–Crippen MR) is 90.7 cm³/mol. The highest BCUT2D eigenvalue weighted by Gasteiger charge is 2.23. The molecule has 24 heavy (non-hydrogen) atoms. The molecule has 128 valence electrons. The second kappa shape index (κ2) is 7.63. The number of para-hydroxylation sites is 1. The number of aromatic nitrogens is 1. The van der Waals surface area contributed by atoms with Gasteiger partial charge in [0.25, 0.3) is 5.91 Å². The van der Waals surface area contributed by atoms with Gasteiger partial charge in [-0.2, -0.15) is 0 Å². The van der Waals surface area contributed by atoms with Gasteiger partial charge in [0.1, 0.15) is 6.04 Å². The van der Waals surface area contributed by atoms with Crippen molar-refractivity contribution in [1.29, 1.82) is 0 Å². The molecule has 0 aliphatic carbocycles. The third-order valence-electron chi connectivity index (χ3n) is 3.66. The standard InChI is InChI=1S/C17H22N4O3/c1-10(2)16(19-11(3)22)17(24)21-20-15(23)8-12-9-18-14-7-5-4-6-13(12)14/h4-7,9-10,16,18H,8H2,1-3H3,(H,19,22)(H,20,23)(H,21,24). The van der Waals surface area contributed by atoms with Gasteiger partial charge in [-0.05, 0) is 17.5 Å². The summed E-state index contributed by atoms with van der Waals surface area (Å²) in [6.45, 7) is 4.97. The van der Waals surface area contributed by atoms with Crippen LogP contribution in [0, 0.1) is 5.92 Å². The highest BCUT2D eigenvalue weighted by Crippen LogP contribution is 2.17. The zero-order valence-corrected chi connectivity index (χ0v) is 14.0. The van der Waals surface area contributed by atoms with Crippen LogP contribution in [0.3, 0.4) is 0 Å². The summed E-state index contributed by atoms with van der Waals surface area (Å²) in [6, 6.07) is 6.98. The number of aromatic amines is 1. The summed E-state index contributed by atoms with van der Waals surface area (Å²) in [5.74, 6) is -1.18. The molecule has 2 rings (SSSR count). The monoisotopic (exact) mass is 330 g/mol. The molecule has 7 heteroatoms. The van der Waals surface area contributed by atoms with Gasteiger partial charge in [-0.1, -0.05) is 32.0 Å². The van der Waals surface area contributed by atoms with Crippen LogP contribution >= 0.6 is 0 Å². The lowest BCUT2D eigenvalue weighted by atomic mass is 10.0. The molecular formula is C17H22N4O3. The molecular weight excluding hydrogens is 308 g/mol. The maximum Gasteiger partial charge on any atom is 0.261 e. The number of carbonyl (C=O) groups is 3. The number of amides is 3. The number of benzene rings is 1. The zero-order chi connectivity index (χ0) is 17.7. The van der Waals surface area contributed by atoms with Crippen molar-refractivity contribution in [3.63, 3.8) is 0 Å². The van der Waals surface area contributed by atoms with E-state index < -0.39 is 11.9 Å². The van der Waals surface area contributed by atoms with E-state index in [1.807, 2.05) is 38.1 Å². The third kappa shape index (κ3) is 4.34. The normalized spacial score (nSPS) is 12.0. The lowest BCUT2D eigenvalue weighted by Gasteiger charge is -2.20. The van der Waals surface area contributed by atoms with Crippen LogP contribution in [0.2, 0.25) is 0 Å². The topological polar surface area (TPSA) is 103 Å². The van der Waals surface area contributed by atoms with Gasteiger partial charge in [0.15, 0.2) is 0 Å². The summed E-state index contributed by atoms with van der Waals surface area (Å²) in [5, 5.41) is 3.54. The van der Waals surface area contributed by atoms with Crippen molar-refractivity contribution in [2.24, 2.45) is 5.92 Å². The van der Waals surface area contributed by atoms with E-state index in [1.54, 1.807) is 6.20 Å². The number of carbonyl (C=O) groups excluding carboxylic acids is 3. The molecule has 0 saturated carbocycles. The lowest BCUT2D eigenvalue weighted by Crippen LogP contribution is -2.54. The summed E-state index contributed by atoms with van der Waals surface area (Å²) in [5.41, 5.74) is 6.56. The molecule has 7 nitrogen and oxygen atoms in total. The third-order valence-corrected chi connectivity index (χ3v) is 3.66. The molecule has 0 saturated heterocycles. The first-order valence-corrected chi connectivity index (χ1v) is 7.79. The molecule has 0 spiro atoms. The second-order valence-corrected chi connectivity index (χ2v) is 6.00. The average Bonchev–Trinajstić information content (AvgIpc) is 2.93. The Morgan fingerprint density at radius 1 is 1.12 bits per heavy atom. The van der Waals surface area contributed by atoms with E-state index in [-0.39, 0.29) is 24.2 Å². The molecule has 1 aromatic carbocycles. The first kappa shape index (κ1) is 17.5. The van der Waals surface area contributed by atoms with E-state index in [2.05, 4.69) is 21.2 Å². The van der Waals surface area contributed by atoms with Gasteiger partial charge < -0.3 is 10.3 Å².